The van der Waals surface area contributed by atoms with Crippen molar-refractivity contribution >= 4 is 11.6 Å². The number of aliphatic hydroxyl groups is 1. The lowest BCUT2D eigenvalue weighted by molar-refractivity contribution is -0.120. The van der Waals surface area contributed by atoms with Crippen LogP contribution in [-0.2, 0) is 11.4 Å². The highest BCUT2D eigenvalue weighted by Crippen LogP contribution is 2.18. The lowest BCUT2D eigenvalue weighted by Gasteiger charge is -2.21. The van der Waals surface area contributed by atoms with Crippen molar-refractivity contribution in [3.63, 3.8) is 0 Å². The SMILES string of the molecule is CCN(C(=O)COc1ccccc1CO)c1ccccc1. The van der Waals surface area contributed by atoms with Gasteiger partial charge < -0.3 is 14.7 Å². The van der Waals surface area contributed by atoms with Gasteiger partial charge in [0, 0.05) is 17.8 Å². The first kappa shape index (κ1) is 15.1. The Morgan fingerprint density at radius 2 is 1.76 bits per heavy atom. The molecule has 2 aromatic carbocycles. The first-order valence-corrected chi connectivity index (χ1v) is 6.93. The molecular formula is C17H19NO3. The molecule has 0 radical (unpaired) electrons. The van der Waals surface area contributed by atoms with Crippen molar-refractivity contribution in [3.05, 3.63) is 60.2 Å². The van der Waals surface area contributed by atoms with Gasteiger partial charge in [-0.2, -0.15) is 0 Å². The molecule has 0 fully saturated rings. The Kier molecular flexibility index (Phi) is 5.35. The van der Waals surface area contributed by atoms with Crippen LogP contribution in [0.2, 0.25) is 0 Å². The van der Waals surface area contributed by atoms with E-state index < -0.39 is 0 Å². The van der Waals surface area contributed by atoms with Crippen LogP contribution in [-0.4, -0.2) is 24.2 Å². The van der Waals surface area contributed by atoms with Crippen molar-refractivity contribution in [1.29, 1.82) is 0 Å². The molecule has 0 aliphatic carbocycles. The van der Waals surface area contributed by atoms with Gasteiger partial charge in [-0.1, -0.05) is 36.4 Å². The van der Waals surface area contributed by atoms with E-state index in [4.69, 9.17) is 4.74 Å². The number of likely N-dealkylation sites (N-methyl/N-ethyl adjacent to an activating group) is 1. The van der Waals surface area contributed by atoms with Crippen LogP contribution >= 0.6 is 0 Å². The first-order chi connectivity index (χ1) is 10.3. The second kappa shape index (κ2) is 7.45. The van der Waals surface area contributed by atoms with Crippen molar-refractivity contribution in [3.8, 4) is 5.75 Å². The van der Waals surface area contributed by atoms with Crippen molar-refractivity contribution in [1.82, 2.24) is 0 Å². The average molecular weight is 285 g/mol. The van der Waals surface area contributed by atoms with E-state index in [0.717, 1.165) is 5.69 Å². The van der Waals surface area contributed by atoms with Gasteiger partial charge in [0.25, 0.3) is 5.91 Å². The minimum absolute atomic E-state index is 0.0558. The predicted octanol–water partition coefficient (Wildman–Crippen LogP) is 2.61. The van der Waals surface area contributed by atoms with Crippen LogP contribution < -0.4 is 9.64 Å². The highest BCUT2D eigenvalue weighted by Gasteiger charge is 2.14. The summed E-state index contributed by atoms with van der Waals surface area (Å²) in [5.74, 6) is 0.425. The van der Waals surface area contributed by atoms with Gasteiger partial charge in [0.15, 0.2) is 6.61 Å². The number of aliphatic hydroxyl groups excluding tert-OH is 1. The van der Waals surface area contributed by atoms with Gasteiger partial charge in [0.2, 0.25) is 0 Å². The Labute approximate surface area is 124 Å². The van der Waals surface area contributed by atoms with Gasteiger partial charge in [0.05, 0.1) is 6.61 Å². The number of nitrogens with zero attached hydrogens (tertiary/aromatic N) is 1. The molecule has 0 atom stereocenters. The molecule has 1 amide bonds. The Morgan fingerprint density at radius 1 is 1.10 bits per heavy atom. The smallest absolute Gasteiger partial charge is 0.264 e. The summed E-state index contributed by atoms with van der Waals surface area (Å²) < 4.78 is 5.54. The Balaban J connectivity index is 2.03. The van der Waals surface area contributed by atoms with E-state index in [1.54, 1.807) is 17.0 Å². The Morgan fingerprint density at radius 3 is 2.43 bits per heavy atom. The Hall–Kier alpha value is -2.33. The summed E-state index contributed by atoms with van der Waals surface area (Å²) >= 11 is 0. The second-order valence-electron chi connectivity index (χ2n) is 4.53. The second-order valence-corrected chi connectivity index (χ2v) is 4.53. The highest BCUT2D eigenvalue weighted by atomic mass is 16.5. The van der Waals surface area contributed by atoms with E-state index in [1.807, 2.05) is 49.4 Å². The van der Waals surface area contributed by atoms with E-state index in [0.29, 0.717) is 17.9 Å². The van der Waals surface area contributed by atoms with Crippen LogP contribution in [0.4, 0.5) is 5.69 Å². The van der Waals surface area contributed by atoms with Crippen LogP contribution in [0.15, 0.2) is 54.6 Å². The number of ether oxygens (including phenoxy) is 1. The van der Waals surface area contributed by atoms with E-state index in [2.05, 4.69) is 0 Å². The molecule has 4 nitrogen and oxygen atoms in total. The maximum atomic E-state index is 12.3. The normalized spacial score (nSPS) is 10.2. The number of hydrogen-bond acceptors (Lipinski definition) is 3. The summed E-state index contributed by atoms with van der Waals surface area (Å²) in [5, 5.41) is 9.24. The fraction of sp³-hybridized carbons (Fsp3) is 0.235. The fourth-order valence-corrected chi connectivity index (χ4v) is 2.10. The number of carbonyl (C=O) groups excluding carboxylic acids is 1. The highest BCUT2D eigenvalue weighted by molar-refractivity contribution is 5.94. The molecule has 1 N–H and O–H groups in total. The van der Waals surface area contributed by atoms with Crippen molar-refractivity contribution in [2.24, 2.45) is 0 Å². The van der Waals surface area contributed by atoms with Crippen molar-refractivity contribution in [2.75, 3.05) is 18.1 Å². The largest absolute Gasteiger partial charge is 0.483 e. The number of anilines is 1. The number of amides is 1. The van der Waals surface area contributed by atoms with Gasteiger partial charge in [0.1, 0.15) is 5.75 Å². The number of benzene rings is 2. The average Bonchev–Trinajstić information content (AvgIpc) is 2.55. The maximum Gasteiger partial charge on any atom is 0.264 e. The summed E-state index contributed by atoms with van der Waals surface area (Å²) in [5.41, 5.74) is 1.53. The molecule has 0 saturated heterocycles. The summed E-state index contributed by atoms with van der Waals surface area (Å²) in [6.07, 6.45) is 0. The number of rotatable bonds is 6. The van der Waals surface area contributed by atoms with Crippen LogP contribution in [0.3, 0.4) is 0 Å². The van der Waals surface area contributed by atoms with Gasteiger partial charge in [-0.05, 0) is 25.1 Å². The molecule has 110 valence electrons. The topological polar surface area (TPSA) is 49.8 Å². The minimum atomic E-state index is -0.114. The zero-order valence-corrected chi connectivity index (χ0v) is 12.0. The molecule has 2 rings (SSSR count). The van der Waals surface area contributed by atoms with Crippen LogP contribution in [0.25, 0.3) is 0 Å². The van der Waals surface area contributed by atoms with Gasteiger partial charge in [-0.3, -0.25) is 4.79 Å². The summed E-state index contributed by atoms with van der Waals surface area (Å²) in [7, 11) is 0. The lowest BCUT2D eigenvalue weighted by Crippen LogP contribution is -2.34. The molecular weight excluding hydrogens is 266 g/mol. The molecule has 0 bridgehead atoms. The molecule has 4 heteroatoms. The molecule has 0 saturated carbocycles. The lowest BCUT2D eigenvalue weighted by atomic mass is 10.2. The standard InChI is InChI=1S/C17H19NO3/c1-2-18(15-9-4-3-5-10-15)17(20)13-21-16-11-7-6-8-14(16)12-19/h3-11,19H,2,12-13H2,1H3. The number of carbonyl (C=O) groups is 1. The number of hydrogen-bond donors (Lipinski definition) is 1. The van der Waals surface area contributed by atoms with Gasteiger partial charge in [-0.25, -0.2) is 0 Å². The van der Waals surface area contributed by atoms with Crippen molar-refractivity contribution in [2.45, 2.75) is 13.5 Å². The fourth-order valence-electron chi connectivity index (χ4n) is 2.10. The Bertz CT molecular complexity index is 584. The zero-order valence-electron chi connectivity index (χ0n) is 12.0. The summed E-state index contributed by atoms with van der Waals surface area (Å²) in [6, 6.07) is 16.6. The van der Waals surface area contributed by atoms with Crippen LogP contribution in [0, 0.1) is 0 Å². The van der Waals surface area contributed by atoms with E-state index in [1.165, 1.54) is 0 Å². The number of para-hydroxylation sites is 2. The van der Waals surface area contributed by atoms with E-state index in [9.17, 15) is 9.90 Å². The van der Waals surface area contributed by atoms with E-state index in [-0.39, 0.29) is 19.1 Å². The first-order valence-electron chi connectivity index (χ1n) is 6.93. The quantitative estimate of drug-likeness (QED) is 0.887. The predicted molar refractivity (Wildman–Crippen MR) is 82.3 cm³/mol. The third-order valence-corrected chi connectivity index (χ3v) is 3.18. The third-order valence-electron chi connectivity index (χ3n) is 3.18. The molecule has 0 spiro atoms. The maximum absolute atomic E-state index is 12.3. The zero-order chi connectivity index (χ0) is 15.1. The molecule has 0 unspecified atom stereocenters. The van der Waals surface area contributed by atoms with Crippen molar-refractivity contribution < 1.29 is 14.6 Å². The molecule has 0 aromatic heterocycles. The van der Waals surface area contributed by atoms with Crippen LogP contribution in [0.1, 0.15) is 12.5 Å². The van der Waals surface area contributed by atoms with Gasteiger partial charge >= 0.3 is 0 Å². The van der Waals surface area contributed by atoms with E-state index >= 15 is 0 Å². The molecule has 0 heterocycles. The van der Waals surface area contributed by atoms with Crippen LogP contribution in [0.5, 0.6) is 5.75 Å². The molecule has 0 aliphatic rings. The molecule has 21 heavy (non-hydrogen) atoms. The van der Waals surface area contributed by atoms with Gasteiger partial charge in [-0.15, -0.1) is 0 Å². The molecule has 2 aromatic rings. The third kappa shape index (κ3) is 3.83. The molecule has 0 aliphatic heterocycles. The summed E-state index contributed by atoms with van der Waals surface area (Å²) in [6.45, 7) is 2.33. The summed E-state index contributed by atoms with van der Waals surface area (Å²) in [4.78, 5) is 14.0. The minimum Gasteiger partial charge on any atom is -0.483 e. The monoisotopic (exact) mass is 285 g/mol.